The molecule has 1 fully saturated rings. The summed E-state index contributed by atoms with van der Waals surface area (Å²) in [6.45, 7) is 18.0. The molecular weight excluding hydrogens is 478 g/mol. The molecule has 0 aromatic heterocycles. The second-order valence-corrected chi connectivity index (χ2v) is 9.00. The minimum absolute atomic E-state index is 0.0901. The van der Waals surface area contributed by atoms with Crippen LogP contribution in [0, 0.1) is 0 Å². The first-order chi connectivity index (χ1) is 18.2. The summed E-state index contributed by atoms with van der Waals surface area (Å²) >= 11 is 0. The molecule has 0 spiro atoms. The predicted octanol–water partition coefficient (Wildman–Crippen LogP) is 6.36. The van der Waals surface area contributed by atoms with E-state index in [-0.39, 0.29) is 24.0 Å². The summed E-state index contributed by atoms with van der Waals surface area (Å²) in [4.78, 5) is 50.4. The lowest BCUT2D eigenvalue weighted by atomic mass is 10.0. The fraction of sp³-hybridized carbons (Fsp3) is 0.419. The van der Waals surface area contributed by atoms with Gasteiger partial charge >= 0.3 is 0 Å². The van der Waals surface area contributed by atoms with Gasteiger partial charge in [0, 0.05) is 18.7 Å². The van der Waals surface area contributed by atoms with Crippen molar-refractivity contribution in [3.05, 3.63) is 77.9 Å². The summed E-state index contributed by atoms with van der Waals surface area (Å²) in [6.07, 6.45) is 13.0. The first kappa shape index (κ1) is 32.3. The Balaban J connectivity index is 0.000000696. The van der Waals surface area contributed by atoms with Gasteiger partial charge in [0.25, 0.3) is 11.8 Å². The molecule has 3 rings (SSSR count). The van der Waals surface area contributed by atoms with Gasteiger partial charge in [0.1, 0.15) is 6.04 Å². The van der Waals surface area contributed by atoms with E-state index in [9.17, 15) is 19.2 Å². The fourth-order valence-electron chi connectivity index (χ4n) is 3.87. The van der Waals surface area contributed by atoms with Crippen LogP contribution in [0.25, 0.3) is 0 Å². The molecule has 2 aliphatic rings. The van der Waals surface area contributed by atoms with E-state index in [1.165, 1.54) is 25.7 Å². The third-order valence-electron chi connectivity index (χ3n) is 5.86. The average Bonchev–Trinajstić information content (AvgIpc) is 3.16. The number of benzene rings is 1. The van der Waals surface area contributed by atoms with Crippen molar-refractivity contribution >= 4 is 29.3 Å². The summed E-state index contributed by atoms with van der Waals surface area (Å²) in [5.74, 6) is -2.07. The Kier molecular flexibility index (Phi) is 14.4. The predicted molar refractivity (Wildman–Crippen MR) is 155 cm³/mol. The Morgan fingerprint density at radius 3 is 2.37 bits per heavy atom. The monoisotopic (exact) mass is 521 g/mol. The zero-order chi connectivity index (χ0) is 28.7. The maximum atomic E-state index is 13.0. The van der Waals surface area contributed by atoms with E-state index < -0.39 is 29.7 Å². The van der Waals surface area contributed by atoms with Crippen LogP contribution in [0.3, 0.4) is 0 Å². The van der Waals surface area contributed by atoms with Crippen molar-refractivity contribution in [1.82, 2.24) is 10.2 Å². The molecule has 4 amide bonds. The Hall–Kier alpha value is -3.74. The number of carbonyl (C=O) groups excluding carboxylic acids is 4. The van der Waals surface area contributed by atoms with Gasteiger partial charge in [-0.05, 0) is 50.8 Å². The third-order valence-corrected chi connectivity index (χ3v) is 5.86. The van der Waals surface area contributed by atoms with Crippen LogP contribution >= 0.6 is 0 Å². The number of hydrogen-bond acceptors (Lipinski definition) is 5. The highest BCUT2D eigenvalue weighted by Gasteiger charge is 2.45. The van der Waals surface area contributed by atoms with Crippen molar-refractivity contribution in [2.24, 2.45) is 0 Å². The van der Waals surface area contributed by atoms with Crippen LogP contribution in [-0.4, -0.2) is 41.1 Å². The van der Waals surface area contributed by atoms with E-state index in [2.05, 4.69) is 30.7 Å². The number of carbonyl (C=O) groups is 4. The SMILES string of the molecule is C=C/C(=C\C=C(C)C)CNc1cccc2c1C(=O)N(C1CCC(=O)NC1=O)C2=O.C=CCCCCC.CC. The summed E-state index contributed by atoms with van der Waals surface area (Å²) in [5, 5.41) is 5.39. The highest BCUT2D eigenvalue weighted by atomic mass is 16.2. The van der Waals surface area contributed by atoms with Crippen LogP contribution in [-0.2, 0) is 9.59 Å². The number of hydrogen-bond donors (Lipinski definition) is 2. The minimum Gasteiger partial charge on any atom is -0.380 e. The zero-order valence-corrected chi connectivity index (χ0v) is 23.6. The van der Waals surface area contributed by atoms with Crippen molar-refractivity contribution in [1.29, 1.82) is 0 Å². The molecule has 1 aromatic carbocycles. The summed E-state index contributed by atoms with van der Waals surface area (Å²) in [6, 6.07) is 4.00. The number of nitrogens with one attached hydrogen (secondary N) is 2. The average molecular weight is 522 g/mol. The molecule has 0 saturated carbocycles. The largest absolute Gasteiger partial charge is 0.380 e. The number of fused-ring (bicyclic) bond motifs is 1. The molecule has 1 saturated heterocycles. The standard InChI is InChI=1S/C22H23N3O4.C7H14.C2H6/c1-4-14(9-8-13(2)3)12-23-16-7-5-6-15-19(16)22(29)25(21(15)28)17-10-11-18(26)24-20(17)27;1-3-5-7-6-4-2;1-2/h4-9,17,23H,1,10-12H2,2-3H3,(H,24,26,27);3H,1,4-7H2,2H3;1-2H3/b14-9+;;. The van der Waals surface area contributed by atoms with E-state index in [0.717, 1.165) is 16.0 Å². The Morgan fingerprint density at radius 1 is 1.08 bits per heavy atom. The summed E-state index contributed by atoms with van der Waals surface area (Å²) in [7, 11) is 0. The highest BCUT2D eigenvalue weighted by molar-refractivity contribution is 6.25. The molecule has 2 heterocycles. The zero-order valence-electron chi connectivity index (χ0n) is 23.6. The van der Waals surface area contributed by atoms with Crippen molar-refractivity contribution in [2.75, 3.05) is 11.9 Å². The van der Waals surface area contributed by atoms with E-state index >= 15 is 0 Å². The van der Waals surface area contributed by atoms with Gasteiger partial charge in [0.2, 0.25) is 11.8 Å². The van der Waals surface area contributed by atoms with Gasteiger partial charge in [0.15, 0.2) is 0 Å². The van der Waals surface area contributed by atoms with Crippen LogP contribution in [0.15, 0.2) is 66.8 Å². The number of rotatable bonds is 10. The number of imide groups is 2. The molecule has 1 unspecified atom stereocenters. The topological polar surface area (TPSA) is 95.6 Å². The third kappa shape index (κ3) is 8.98. The lowest BCUT2D eigenvalue weighted by Gasteiger charge is -2.27. The smallest absolute Gasteiger partial charge is 0.264 e. The molecule has 2 aliphatic heterocycles. The number of amides is 4. The second-order valence-electron chi connectivity index (χ2n) is 9.00. The van der Waals surface area contributed by atoms with E-state index in [0.29, 0.717) is 12.2 Å². The van der Waals surface area contributed by atoms with E-state index in [4.69, 9.17) is 0 Å². The van der Waals surface area contributed by atoms with Crippen molar-refractivity contribution < 1.29 is 19.2 Å². The number of unbranched alkanes of at least 4 members (excludes halogenated alkanes) is 3. The van der Waals surface area contributed by atoms with Gasteiger partial charge in [-0.25, -0.2) is 0 Å². The maximum absolute atomic E-state index is 13.0. The number of allylic oxidation sites excluding steroid dienone is 4. The van der Waals surface area contributed by atoms with Crippen LogP contribution in [0.4, 0.5) is 5.69 Å². The minimum atomic E-state index is -0.978. The molecule has 206 valence electrons. The molecule has 0 aliphatic carbocycles. The van der Waals surface area contributed by atoms with Crippen LogP contribution in [0.1, 0.15) is 93.9 Å². The van der Waals surface area contributed by atoms with Crippen molar-refractivity contribution in [3.63, 3.8) is 0 Å². The molecule has 0 radical (unpaired) electrons. The van der Waals surface area contributed by atoms with Gasteiger partial charge in [-0.3, -0.25) is 29.4 Å². The lowest BCUT2D eigenvalue weighted by Crippen LogP contribution is -2.54. The first-order valence-electron chi connectivity index (χ1n) is 13.4. The maximum Gasteiger partial charge on any atom is 0.264 e. The van der Waals surface area contributed by atoms with E-state index in [1.807, 2.05) is 45.9 Å². The van der Waals surface area contributed by atoms with Crippen LogP contribution < -0.4 is 10.6 Å². The van der Waals surface area contributed by atoms with Gasteiger partial charge in [0.05, 0.1) is 11.1 Å². The molecule has 7 nitrogen and oxygen atoms in total. The number of anilines is 1. The highest BCUT2D eigenvalue weighted by Crippen LogP contribution is 2.32. The number of piperidine rings is 1. The van der Waals surface area contributed by atoms with Gasteiger partial charge in [-0.1, -0.05) is 76.1 Å². The first-order valence-corrected chi connectivity index (χ1v) is 13.4. The van der Waals surface area contributed by atoms with E-state index in [1.54, 1.807) is 24.3 Å². The Bertz CT molecular complexity index is 1080. The molecular formula is C31H43N3O4. The fourth-order valence-corrected chi connectivity index (χ4v) is 3.87. The lowest BCUT2D eigenvalue weighted by molar-refractivity contribution is -0.136. The normalized spacial score (nSPS) is 16.3. The Labute approximate surface area is 227 Å². The van der Waals surface area contributed by atoms with Gasteiger partial charge in [-0.15, -0.1) is 6.58 Å². The number of nitrogens with zero attached hydrogens (tertiary/aromatic N) is 1. The van der Waals surface area contributed by atoms with Crippen LogP contribution in [0.2, 0.25) is 0 Å². The van der Waals surface area contributed by atoms with Crippen molar-refractivity contribution in [2.45, 2.75) is 79.2 Å². The Morgan fingerprint density at radius 2 is 1.79 bits per heavy atom. The molecule has 2 N–H and O–H groups in total. The van der Waals surface area contributed by atoms with Gasteiger partial charge < -0.3 is 5.32 Å². The molecule has 0 bridgehead atoms. The molecule has 38 heavy (non-hydrogen) atoms. The summed E-state index contributed by atoms with van der Waals surface area (Å²) in [5.41, 5.74) is 3.07. The van der Waals surface area contributed by atoms with Crippen LogP contribution in [0.5, 0.6) is 0 Å². The van der Waals surface area contributed by atoms with Gasteiger partial charge in [-0.2, -0.15) is 0 Å². The summed E-state index contributed by atoms with van der Waals surface area (Å²) < 4.78 is 0. The molecule has 1 atom stereocenters. The quantitative estimate of drug-likeness (QED) is 0.162. The molecule has 7 heteroatoms. The second kappa shape index (κ2) is 16.9. The van der Waals surface area contributed by atoms with Crippen molar-refractivity contribution in [3.8, 4) is 0 Å². The molecule has 1 aromatic rings.